The summed E-state index contributed by atoms with van der Waals surface area (Å²) in [6, 6.07) is 30.7. The van der Waals surface area contributed by atoms with Gasteiger partial charge < -0.3 is 9.84 Å². The lowest BCUT2D eigenvalue weighted by atomic mass is 9.75. The maximum absolute atomic E-state index is 12.8. The summed E-state index contributed by atoms with van der Waals surface area (Å²) in [7, 11) is 0. The van der Waals surface area contributed by atoms with Crippen molar-refractivity contribution < 1.29 is 9.84 Å². The van der Waals surface area contributed by atoms with Crippen LogP contribution in [0.2, 0.25) is 0 Å². The zero-order valence-electron chi connectivity index (χ0n) is 20.1. The Kier molecular flexibility index (Phi) is 6.69. The van der Waals surface area contributed by atoms with Crippen molar-refractivity contribution in [2.75, 3.05) is 19.7 Å². The molecule has 7 nitrogen and oxygen atoms in total. The van der Waals surface area contributed by atoms with Gasteiger partial charge in [-0.05, 0) is 23.6 Å². The Labute approximate surface area is 209 Å². The lowest BCUT2D eigenvalue weighted by Crippen LogP contribution is -2.58. The fourth-order valence-corrected chi connectivity index (χ4v) is 5.23. The number of H-pyrrole nitrogens is 1. The second-order valence-electron chi connectivity index (χ2n) is 9.09. The van der Waals surface area contributed by atoms with Gasteiger partial charge in [-0.3, -0.25) is 19.2 Å². The van der Waals surface area contributed by atoms with Gasteiger partial charge in [0.15, 0.2) is 6.23 Å². The van der Waals surface area contributed by atoms with Gasteiger partial charge in [-0.25, -0.2) is 4.79 Å². The van der Waals surface area contributed by atoms with Crippen molar-refractivity contribution in [1.82, 2.24) is 14.5 Å². The number of nitrogens with zero attached hydrogens (tertiary/aromatic N) is 2. The predicted molar refractivity (Wildman–Crippen MR) is 138 cm³/mol. The van der Waals surface area contributed by atoms with E-state index in [1.54, 1.807) is 6.92 Å². The Bertz CT molecular complexity index is 1320. The zero-order chi connectivity index (χ0) is 25.1. The average Bonchev–Trinajstić information content (AvgIpc) is 2.93. The molecule has 0 radical (unpaired) electrons. The quantitative estimate of drug-likeness (QED) is 0.412. The second kappa shape index (κ2) is 10.1. The summed E-state index contributed by atoms with van der Waals surface area (Å²) in [5.41, 5.74) is 1.91. The minimum Gasteiger partial charge on any atom is -0.394 e. The van der Waals surface area contributed by atoms with E-state index in [0.717, 1.165) is 16.7 Å². The fourth-order valence-electron chi connectivity index (χ4n) is 5.23. The van der Waals surface area contributed by atoms with Gasteiger partial charge in [0.05, 0.1) is 18.2 Å². The number of benzene rings is 3. The average molecular weight is 484 g/mol. The van der Waals surface area contributed by atoms with E-state index in [1.807, 2.05) is 54.6 Å². The summed E-state index contributed by atoms with van der Waals surface area (Å²) < 4.78 is 7.59. The lowest BCUT2D eigenvalue weighted by molar-refractivity contribution is -0.151. The summed E-state index contributed by atoms with van der Waals surface area (Å²) >= 11 is 0. The molecular formula is C29H29N3O4. The van der Waals surface area contributed by atoms with Gasteiger partial charge >= 0.3 is 5.69 Å². The Balaban J connectivity index is 1.74. The molecule has 0 saturated carbocycles. The molecule has 5 rings (SSSR count). The van der Waals surface area contributed by atoms with Gasteiger partial charge in [0, 0.05) is 24.8 Å². The molecule has 3 aromatic carbocycles. The van der Waals surface area contributed by atoms with Crippen LogP contribution in [-0.4, -0.2) is 45.4 Å². The van der Waals surface area contributed by atoms with Crippen molar-refractivity contribution in [2.45, 2.75) is 24.8 Å². The van der Waals surface area contributed by atoms with Crippen LogP contribution in [0.1, 0.15) is 28.5 Å². The standard InChI is InChI=1S/C29H29N3O4/c1-21-17-32(28(35)30-27(21)34)26-19-31(18-25(20-33)36-26)29(22-11-5-2-6-12-22,23-13-7-3-8-14-23)24-15-9-4-10-16-24/h2-17,25-26,33H,18-20H2,1H3,(H,30,34,35)/t25-,26-/m0/s1. The first-order chi connectivity index (χ1) is 17.5. The minimum atomic E-state index is -0.722. The molecule has 184 valence electrons. The molecule has 2 atom stereocenters. The molecule has 0 aliphatic carbocycles. The Hall–Kier alpha value is -3.78. The van der Waals surface area contributed by atoms with Gasteiger partial charge in [-0.15, -0.1) is 0 Å². The molecule has 0 spiro atoms. The van der Waals surface area contributed by atoms with Crippen LogP contribution >= 0.6 is 0 Å². The molecule has 2 heterocycles. The number of morpholine rings is 1. The van der Waals surface area contributed by atoms with Crippen LogP contribution in [0.25, 0.3) is 0 Å². The first kappa shape index (κ1) is 23.9. The van der Waals surface area contributed by atoms with Crippen LogP contribution in [0.5, 0.6) is 0 Å². The molecule has 1 fully saturated rings. The number of aliphatic hydroxyl groups is 1. The number of aliphatic hydroxyl groups excluding tert-OH is 1. The van der Waals surface area contributed by atoms with E-state index in [2.05, 4.69) is 46.3 Å². The number of aryl methyl sites for hydroxylation is 1. The number of nitrogens with one attached hydrogen (secondary N) is 1. The smallest absolute Gasteiger partial charge is 0.330 e. The highest BCUT2D eigenvalue weighted by molar-refractivity contribution is 5.49. The molecule has 2 N–H and O–H groups in total. The van der Waals surface area contributed by atoms with Gasteiger partial charge in [0.2, 0.25) is 0 Å². The van der Waals surface area contributed by atoms with Crippen molar-refractivity contribution in [3.8, 4) is 0 Å². The summed E-state index contributed by atoms with van der Waals surface area (Å²) in [6.45, 7) is 2.23. The van der Waals surface area contributed by atoms with Gasteiger partial charge in [-0.1, -0.05) is 91.0 Å². The monoisotopic (exact) mass is 483 g/mol. The molecule has 36 heavy (non-hydrogen) atoms. The molecule has 1 aromatic heterocycles. The third-order valence-electron chi connectivity index (χ3n) is 6.86. The number of aromatic nitrogens is 2. The number of hydrogen-bond donors (Lipinski definition) is 2. The van der Waals surface area contributed by atoms with Crippen LogP contribution in [0.3, 0.4) is 0 Å². The summed E-state index contributed by atoms with van der Waals surface area (Å²) in [4.78, 5) is 29.5. The molecule has 1 aliphatic rings. The third kappa shape index (κ3) is 4.22. The Morgan fingerprint density at radius 1 is 0.861 bits per heavy atom. The lowest BCUT2D eigenvalue weighted by Gasteiger charge is -2.50. The predicted octanol–water partition coefficient (Wildman–Crippen LogP) is 3.03. The van der Waals surface area contributed by atoms with Gasteiger partial charge in [-0.2, -0.15) is 0 Å². The van der Waals surface area contributed by atoms with E-state index in [9.17, 15) is 14.7 Å². The summed E-state index contributed by atoms with van der Waals surface area (Å²) in [5, 5.41) is 10.2. The number of hydrogen-bond acceptors (Lipinski definition) is 5. The highest BCUT2D eigenvalue weighted by atomic mass is 16.5. The first-order valence-electron chi connectivity index (χ1n) is 12.0. The summed E-state index contributed by atoms with van der Waals surface area (Å²) in [6.07, 6.45) is 0.270. The molecule has 1 saturated heterocycles. The van der Waals surface area contributed by atoms with E-state index in [-0.39, 0.29) is 6.61 Å². The normalized spacial score (nSPS) is 18.7. The van der Waals surface area contributed by atoms with Gasteiger partial charge in [0.25, 0.3) is 5.56 Å². The zero-order valence-corrected chi connectivity index (χ0v) is 20.1. The van der Waals surface area contributed by atoms with Crippen LogP contribution in [0, 0.1) is 6.92 Å². The largest absolute Gasteiger partial charge is 0.394 e. The Morgan fingerprint density at radius 2 is 1.36 bits per heavy atom. The number of ether oxygens (including phenoxy) is 1. The van der Waals surface area contributed by atoms with Crippen molar-refractivity contribution in [1.29, 1.82) is 0 Å². The molecule has 4 aromatic rings. The summed E-state index contributed by atoms with van der Waals surface area (Å²) in [5.74, 6) is 0. The van der Waals surface area contributed by atoms with Crippen LogP contribution in [-0.2, 0) is 10.3 Å². The van der Waals surface area contributed by atoms with E-state index < -0.39 is 29.1 Å². The number of aromatic amines is 1. The van der Waals surface area contributed by atoms with E-state index in [4.69, 9.17) is 4.74 Å². The SMILES string of the molecule is Cc1cn([C@@H]2CN(C(c3ccccc3)(c3ccccc3)c3ccccc3)C[C@@H](CO)O2)c(=O)[nH]c1=O. The topological polar surface area (TPSA) is 87.6 Å². The molecule has 0 unspecified atom stereocenters. The van der Waals surface area contributed by atoms with Gasteiger partial charge in [0.1, 0.15) is 0 Å². The molecular weight excluding hydrogens is 454 g/mol. The molecule has 1 aliphatic heterocycles. The highest BCUT2D eigenvalue weighted by Crippen LogP contribution is 2.44. The maximum Gasteiger partial charge on any atom is 0.330 e. The van der Waals surface area contributed by atoms with Crippen molar-refractivity contribution in [3.63, 3.8) is 0 Å². The highest BCUT2D eigenvalue weighted by Gasteiger charge is 2.46. The van der Waals surface area contributed by atoms with Crippen LogP contribution < -0.4 is 11.2 Å². The maximum atomic E-state index is 12.8. The van der Waals surface area contributed by atoms with E-state index >= 15 is 0 Å². The molecule has 0 amide bonds. The van der Waals surface area contributed by atoms with Crippen LogP contribution in [0.4, 0.5) is 0 Å². The van der Waals surface area contributed by atoms with Crippen LogP contribution in [0.15, 0.2) is 107 Å². The Morgan fingerprint density at radius 3 is 1.83 bits per heavy atom. The van der Waals surface area contributed by atoms with Crippen molar-refractivity contribution in [3.05, 3.63) is 140 Å². The van der Waals surface area contributed by atoms with Crippen molar-refractivity contribution in [2.24, 2.45) is 0 Å². The van der Waals surface area contributed by atoms with E-state index in [1.165, 1.54) is 10.8 Å². The number of rotatable bonds is 6. The third-order valence-corrected chi connectivity index (χ3v) is 6.86. The molecule has 7 heteroatoms. The second-order valence-corrected chi connectivity index (χ2v) is 9.09. The first-order valence-corrected chi connectivity index (χ1v) is 12.0. The fraction of sp³-hybridized carbons (Fsp3) is 0.241. The minimum absolute atomic E-state index is 0.210. The van der Waals surface area contributed by atoms with E-state index in [0.29, 0.717) is 18.7 Å². The molecule has 0 bridgehead atoms. The van der Waals surface area contributed by atoms with Crippen molar-refractivity contribution >= 4 is 0 Å².